The SMILES string of the molecule is [CH2]Cc1cc(OCC(F)F)n(CC)n1. The molecule has 0 atom stereocenters. The first kappa shape index (κ1) is 10.9. The average Bonchev–Trinajstić information content (AvgIpc) is 2.57. The van der Waals surface area contributed by atoms with Gasteiger partial charge in [0.1, 0.15) is 0 Å². The van der Waals surface area contributed by atoms with Crippen LogP contribution in [0.3, 0.4) is 0 Å². The van der Waals surface area contributed by atoms with Gasteiger partial charge in [-0.2, -0.15) is 5.10 Å². The van der Waals surface area contributed by atoms with Crippen molar-refractivity contribution in [2.24, 2.45) is 0 Å². The average molecular weight is 203 g/mol. The molecule has 1 radical (unpaired) electrons. The fraction of sp³-hybridized carbons (Fsp3) is 0.556. The molecular formula is C9H13F2N2O. The number of hydrogen-bond donors (Lipinski definition) is 0. The van der Waals surface area contributed by atoms with E-state index in [4.69, 9.17) is 4.74 Å². The van der Waals surface area contributed by atoms with Crippen molar-refractivity contribution in [1.82, 2.24) is 9.78 Å². The molecule has 5 heteroatoms. The van der Waals surface area contributed by atoms with Crippen LogP contribution < -0.4 is 4.74 Å². The first-order valence-electron chi connectivity index (χ1n) is 4.44. The highest BCUT2D eigenvalue weighted by atomic mass is 19.3. The van der Waals surface area contributed by atoms with E-state index in [0.717, 1.165) is 5.69 Å². The highest BCUT2D eigenvalue weighted by Crippen LogP contribution is 2.14. The second-order valence-electron chi connectivity index (χ2n) is 2.74. The van der Waals surface area contributed by atoms with Gasteiger partial charge in [-0.15, -0.1) is 0 Å². The van der Waals surface area contributed by atoms with Crippen molar-refractivity contribution < 1.29 is 13.5 Å². The lowest BCUT2D eigenvalue weighted by Crippen LogP contribution is -2.10. The Balaban J connectivity index is 2.68. The third kappa shape index (κ3) is 2.68. The zero-order valence-electron chi connectivity index (χ0n) is 8.04. The predicted molar refractivity (Wildman–Crippen MR) is 48.5 cm³/mol. The summed E-state index contributed by atoms with van der Waals surface area (Å²) in [4.78, 5) is 0. The number of aryl methyl sites for hydroxylation is 1. The van der Waals surface area contributed by atoms with Crippen molar-refractivity contribution >= 4 is 0 Å². The molecule has 0 aromatic carbocycles. The lowest BCUT2D eigenvalue weighted by molar-refractivity contribution is 0.0769. The smallest absolute Gasteiger partial charge is 0.272 e. The molecule has 1 aromatic rings. The van der Waals surface area contributed by atoms with Gasteiger partial charge < -0.3 is 4.74 Å². The monoisotopic (exact) mass is 203 g/mol. The van der Waals surface area contributed by atoms with E-state index in [2.05, 4.69) is 12.0 Å². The van der Waals surface area contributed by atoms with Crippen molar-refractivity contribution in [3.63, 3.8) is 0 Å². The lowest BCUT2D eigenvalue weighted by atomic mass is 10.3. The molecule has 0 unspecified atom stereocenters. The van der Waals surface area contributed by atoms with Crippen LogP contribution in [0.2, 0.25) is 0 Å². The second kappa shape index (κ2) is 4.93. The van der Waals surface area contributed by atoms with Crippen molar-refractivity contribution in [1.29, 1.82) is 0 Å². The minimum absolute atomic E-state index is 0.381. The molecule has 0 bridgehead atoms. The van der Waals surface area contributed by atoms with Gasteiger partial charge >= 0.3 is 0 Å². The standard InChI is InChI=1S/C9H13F2N2O/c1-3-7-5-9(13(4-2)12-7)14-6-8(10)11/h5,8H,1,3-4,6H2,2H3. The molecule has 0 saturated carbocycles. The maximum Gasteiger partial charge on any atom is 0.272 e. The molecule has 0 amide bonds. The summed E-state index contributed by atoms with van der Waals surface area (Å²) in [6.07, 6.45) is -1.93. The first-order valence-corrected chi connectivity index (χ1v) is 4.44. The Morgan fingerprint density at radius 2 is 2.36 bits per heavy atom. The Hall–Kier alpha value is -1.13. The molecule has 0 fully saturated rings. The zero-order chi connectivity index (χ0) is 10.6. The van der Waals surface area contributed by atoms with Gasteiger partial charge in [0.25, 0.3) is 6.43 Å². The van der Waals surface area contributed by atoms with E-state index in [9.17, 15) is 8.78 Å². The molecule has 0 aliphatic heterocycles. The minimum Gasteiger partial charge on any atom is -0.472 e. The summed E-state index contributed by atoms with van der Waals surface area (Å²) in [5, 5.41) is 4.11. The van der Waals surface area contributed by atoms with Crippen molar-refractivity contribution in [2.45, 2.75) is 26.3 Å². The first-order chi connectivity index (χ1) is 6.67. The number of ether oxygens (including phenoxy) is 1. The quantitative estimate of drug-likeness (QED) is 0.731. The maximum atomic E-state index is 11.9. The van der Waals surface area contributed by atoms with Crippen LogP contribution in [-0.4, -0.2) is 22.8 Å². The molecule has 3 nitrogen and oxygen atoms in total. The Labute approximate surface area is 81.7 Å². The van der Waals surface area contributed by atoms with Gasteiger partial charge in [0, 0.05) is 12.6 Å². The summed E-state index contributed by atoms with van der Waals surface area (Å²) in [7, 11) is 0. The lowest BCUT2D eigenvalue weighted by Gasteiger charge is -2.05. The van der Waals surface area contributed by atoms with Crippen LogP contribution in [0.5, 0.6) is 5.88 Å². The van der Waals surface area contributed by atoms with Gasteiger partial charge in [0.05, 0.1) is 5.69 Å². The number of rotatable bonds is 5. The Kier molecular flexibility index (Phi) is 3.85. The fourth-order valence-corrected chi connectivity index (χ4v) is 1.06. The van der Waals surface area contributed by atoms with Crippen LogP contribution in [-0.2, 0) is 13.0 Å². The number of nitrogens with zero attached hydrogens (tertiary/aromatic N) is 2. The highest BCUT2D eigenvalue weighted by Gasteiger charge is 2.09. The van der Waals surface area contributed by atoms with Gasteiger partial charge in [0.15, 0.2) is 6.61 Å². The van der Waals surface area contributed by atoms with Crippen LogP contribution >= 0.6 is 0 Å². The van der Waals surface area contributed by atoms with Crippen molar-refractivity contribution in [3.8, 4) is 5.88 Å². The molecule has 0 aliphatic carbocycles. The summed E-state index contributed by atoms with van der Waals surface area (Å²) in [6.45, 7) is 5.53. The molecule has 14 heavy (non-hydrogen) atoms. The zero-order valence-corrected chi connectivity index (χ0v) is 8.04. The summed E-state index contributed by atoms with van der Waals surface area (Å²) < 4.78 is 30.2. The van der Waals surface area contributed by atoms with Gasteiger partial charge in [-0.3, -0.25) is 0 Å². The van der Waals surface area contributed by atoms with E-state index >= 15 is 0 Å². The van der Waals surface area contributed by atoms with Crippen LogP contribution in [0.4, 0.5) is 8.78 Å². The van der Waals surface area contributed by atoms with Crippen LogP contribution in [0, 0.1) is 6.92 Å². The van der Waals surface area contributed by atoms with Crippen LogP contribution in [0.1, 0.15) is 12.6 Å². The van der Waals surface area contributed by atoms with Gasteiger partial charge in [0.2, 0.25) is 5.88 Å². The Morgan fingerprint density at radius 3 is 2.86 bits per heavy atom. The van der Waals surface area contributed by atoms with E-state index in [1.807, 2.05) is 6.92 Å². The third-order valence-electron chi connectivity index (χ3n) is 1.71. The fourth-order valence-electron chi connectivity index (χ4n) is 1.06. The topological polar surface area (TPSA) is 27.1 Å². The minimum atomic E-state index is -2.46. The summed E-state index contributed by atoms with van der Waals surface area (Å²) in [5.74, 6) is 0.381. The van der Waals surface area contributed by atoms with Crippen LogP contribution in [0.25, 0.3) is 0 Å². The molecule has 0 saturated heterocycles. The molecule has 0 spiro atoms. The number of alkyl halides is 2. The normalized spacial score (nSPS) is 10.9. The van der Waals surface area contributed by atoms with E-state index in [1.165, 1.54) is 0 Å². The Bertz CT molecular complexity index is 286. The molecular weight excluding hydrogens is 190 g/mol. The van der Waals surface area contributed by atoms with Crippen molar-refractivity contribution in [2.75, 3.05) is 6.61 Å². The third-order valence-corrected chi connectivity index (χ3v) is 1.71. The van der Waals surface area contributed by atoms with Gasteiger partial charge in [-0.05, 0) is 20.3 Å². The predicted octanol–water partition coefficient (Wildman–Crippen LogP) is 1.92. The van der Waals surface area contributed by atoms with E-state index in [1.54, 1.807) is 10.7 Å². The molecule has 1 aromatic heterocycles. The Morgan fingerprint density at radius 1 is 1.64 bits per heavy atom. The number of hydrogen-bond acceptors (Lipinski definition) is 2. The van der Waals surface area contributed by atoms with E-state index in [-0.39, 0.29) is 0 Å². The summed E-state index contributed by atoms with van der Waals surface area (Å²) in [6, 6.07) is 1.64. The summed E-state index contributed by atoms with van der Waals surface area (Å²) >= 11 is 0. The van der Waals surface area contributed by atoms with Gasteiger partial charge in [-0.25, -0.2) is 13.5 Å². The molecule has 0 aliphatic rings. The van der Waals surface area contributed by atoms with Gasteiger partial charge in [-0.1, -0.05) is 0 Å². The number of halogens is 2. The highest BCUT2D eigenvalue weighted by molar-refractivity contribution is 5.16. The molecule has 79 valence electrons. The number of aromatic nitrogens is 2. The van der Waals surface area contributed by atoms with Crippen molar-refractivity contribution in [3.05, 3.63) is 18.7 Å². The second-order valence-corrected chi connectivity index (χ2v) is 2.74. The molecule has 0 N–H and O–H groups in total. The maximum absolute atomic E-state index is 11.9. The van der Waals surface area contributed by atoms with E-state index in [0.29, 0.717) is 18.8 Å². The molecule has 1 heterocycles. The molecule has 1 rings (SSSR count). The van der Waals surface area contributed by atoms with E-state index < -0.39 is 13.0 Å². The largest absolute Gasteiger partial charge is 0.472 e. The summed E-state index contributed by atoms with van der Waals surface area (Å²) in [5.41, 5.74) is 0.746. The van der Waals surface area contributed by atoms with Crippen LogP contribution in [0.15, 0.2) is 6.07 Å².